The van der Waals surface area contributed by atoms with Crippen molar-refractivity contribution >= 4 is 0 Å². The highest BCUT2D eigenvalue weighted by Crippen LogP contribution is 2.28. The monoisotopic (exact) mass is 261 g/mol. The van der Waals surface area contributed by atoms with Crippen LogP contribution in [0.4, 0.5) is 0 Å². The lowest BCUT2D eigenvalue weighted by atomic mass is 9.89. The Morgan fingerprint density at radius 1 is 1.32 bits per heavy atom. The van der Waals surface area contributed by atoms with Gasteiger partial charge in [0.15, 0.2) is 0 Å². The van der Waals surface area contributed by atoms with Gasteiger partial charge in [-0.1, -0.05) is 19.9 Å². The molecule has 0 amide bonds. The standard InChI is InChI=1S/C16H27N3/c1-13(2)14-6-5-10-19(11-8-14)16(12-17)15-7-3-4-9-18-15/h3-4,7,9,13-14,16H,5-6,8,10-12,17H2,1-2H3. The second kappa shape index (κ2) is 7.01. The van der Waals surface area contributed by atoms with Gasteiger partial charge < -0.3 is 5.73 Å². The molecule has 2 heterocycles. The molecule has 2 unspecified atom stereocenters. The summed E-state index contributed by atoms with van der Waals surface area (Å²) in [5.41, 5.74) is 7.12. The maximum Gasteiger partial charge on any atom is 0.0644 e. The second-order valence-electron chi connectivity index (χ2n) is 5.98. The van der Waals surface area contributed by atoms with Crippen LogP contribution in [0.25, 0.3) is 0 Å². The van der Waals surface area contributed by atoms with Crippen molar-refractivity contribution in [2.24, 2.45) is 17.6 Å². The zero-order chi connectivity index (χ0) is 13.7. The average molecular weight is 261 g/mol. The van der Waals surface area contributed by atoms with E-state index in [1.54, 1.807) is 0 Å². The van der Waals surface area contributed by atoms with Crippen molar-refractivity contribution in [3.63, 3.8) is 0 Å². The fraction of sp³-hybridized carbons (Fsp3) is 0.688. The third kappa shape index (κ3) is 3.77. The lowest BCUT2D eigenvalue weighted by Gasteiger charge is -2.29. The van der Waals surface area contributed by atoms with Gasteiger partial charge in [-0.05, 0) is 56.3 Å². The van der Waals surface area contributed by atoms with Crippen LogP contribution in [0, 0.1) is 11.8 Å². The van der Waals surface area contributed by atoms with E-state index in [1.807, 2.05) is 12.3 Å². The molecule has 19 heavy (non-hydrogen) atoms. The largest absolute Gasteiger partial charge is 0.329 e. The predicted molar refractivity (Wildman–Crippen MR) is 79.8 cm³/mol. The molecule has 3 nitrogen and oxygen atoms in total. The van der Waals surface area contributed by atoms with Crippen molar-refractivity contribution in [3.05, 3.63) is 30.1 Å². The molecule has 1 aliphatic rings. The van der Waals surface area contributed by atoms with Crippen molar-refractivity contribution < 1.29 is 0 Å². The van der Waals surface area contributed by atoms with Gasteiger partial charge in [-0.15, -0.1) is 0 Å². The summed E-state index contributed by atoms with van der Waals surface area (Å²) in [6.07, 6.45) is 5.80. The van der Waals surface area contributed by atoms with Gasteiger partial charge in [0.1, 0.15) is 0 Å². The van der Waals surface area contributed by atoms with Crippen LogP contribution >= 0.6 is 0 Å². The number of hydrogen-bond donors (Lipinski definition) is 1. The molecule has 0 bridgehead atoms. The van der Waals surface area contributed by atoms with Gasteiger partial charge in [-0.25, -0.2) is 0 Å². The maximum absolute atomic E-state index is 6.00. The van der Waals surface area contributed by atoms with Gasteiger partial charge >= 0.3 is 0 Å². The number of nitrogens with two attached hydrogens (primary N) is 1. The van der Waals surface area contributed by atoms with E-state index >= 15 is 0 Å². The Labute approximate surface area is 117 Å². The van der Waals surface area contributed by atoms with Gasteiger partial charge in [0.2, 0.25) is 0 Å². The Hall–Kier alpha value is -0.930. The molecule has 0 aromatic carbocycles. The van der Waals surface area contributed by atoms with Gasteiger partial charge in [0.25, 0.3) is 0 Å². The van der Waals surface area contributed by atoms with Gasteiger partial charge in [-0.3, -0.25) is 9.88 Å². The minimum absolute atomic E-state index is 0.284. The van der Waals surface area contributed by atoms with E-state index in [-0.39, 0.29) is 6.04 Å². The van der Waals surface area contributed by atoms with Crippen molar-refractivity contribution in [1.82, 2.24) is 9.88 Å². The number of likely N-dealkylation sites (tertiary alicyclic amines) is 1. The van der Waals surface area contributed by atoms with Gasteiger partial charge in [0.05, 0.1) is 11.7 Å². The zero-order valence-electron chi connectivity index (χ0n) is 12.3. The molecule has 106 valence electrons. The minimum Gasteiger partial charge on any atom is -0.329 e. The van der Waals surface area contributed by atoms with E-state index < -0.39 is 0 Å². The lowest BCUT2D eigenvalue weighted by Crippen LogP contribution is -2.35. The maximum atomic E-state index is 6.00. The first kappa shape index (κ1) is 14.5. The van der Waals surface area contributed by atoms with Gasteiger partial charge in [-0.2, -0.15) is 0 Å². The summed E-state index contributed by atoms with van der Waals surface area (Å²) in [7, 11) is 0. The molecule has 2 N–H and O–H groups in total. The summed E-state index contributed by atoms with van der Waals surface area (Å²) in [6, 6.07) is 6.41. The zero-order valence-corrected chi connectivity index (χ0v) is 12.3. The third-order valence-electron chi connectivity index (χ3n) is 4.44. The molecule has 1 aromatic heterocycles. The van der Waals surface area contributed by atoms with E-state index in [2.05, 4.69) is 35.9 Å². The molecular formula is C16H27N3. The highest BCUT2D eigenvalue weighted by Gasteiger charge is 2.25. The van der Waals surface area contributed by atoms with E-state index in [9.17, 15) is 0 Å². The summed E-state index contributed by atoms with van der Waals surface area (Å²) in [6.45, 7) is 7.66. The van der Waals surface area contributed by atoms with Crippen LogP contribution in [0.3, 0.4) is 0 Å². The summed E-state index contributed by atoms with van der Waals surface area (Å²) in [4.78, 5) is 7.02. The fourth-order valence-corrected chi connectivity index (χ4v) is 3.15. The van der Waals surface area contributed by atoms with Crippen molar-refractivity contribution in [2.75, 3.05) is 19.6 Å². The molecule has 1 saturated heterocycles. The number of rotatable bonds is 4. The third-order valence-corrected chi connectivity index (χ3v) is 4.44. The SMILES string of the molecule is CC(C)C1CCCN(C(CN)c2ccccn2)CC1. The Balaban J connectivity index is 2.04. The smallest absolute Gasteiger partial charge is 0.0644 e. The topological polar surface area (TPSA) is 42.1 Å². The lowest BCUT2D eigenvalue weighted by molar-refractivity contribution is 0.200. The Bertz CT molecular complexity index is 364. The molecule has 1 fully saturated rings. The van der Waals surface area contributed by atoms with Crippen LogP contribution in [0.1, 0.15) is 44.8 Å². The summed E-state index contributed by atoms with van der Waals surface area (Å²) >= 11 is 0. The minimum atomic E-state index is 0.284. The molecule has 2 atom stereocenters. The van der Waals surface area contributed by atoms with Crippen LogP contribution < -0.4 is 5.73 Å². The molecule has 2 rings (SSSR count). The van der Waals surface area contributed by atoms with Crippen molar-refractivity contribution in [2.45, 2.75) is 39.2 Å². The molecule has 0 saturated carbocycles. The first-order chi connectivity index (χ1) is 9.22. The fourth-order valence-electron chi connectivity index (χ4n) is 3.15. The van der Waals surface area contributed by atoms with Crippen LogP contribution in [0.5, 0.6) is 0 Å². The van der Waals surface area contributed by atoms with E-state index in [0.29, 0.717) is 6.54 Å². The molecular weight excluding hydrogens is 234 g/mol. The van der Waals surface area contributed by atoms with E-state index in [0.717, 1.165) is 30.6 Å². The molecule has 1 aromatic rings. The molecule has 0 radical (unpaired) electrons. The van der Waals surface area contributed by atoms with E-state index in [1.165, 1.54) is 19.3 Å². The van der Waals surface area contributed by atoms with Crippen LogP contribution in [0.2, 0.25) is 0 Å². The molecule has 0 aliphatic carbocycles. The van der Waals surface area contributed by atoms with Crippen LogP contribution in [0.15, 0.2) is 24.4 Å². The summed E-state index contributed by atoms with van der Waals surface area (Å²) in [5, 5.41) is 0. The molecule has 0 spiro atoms. The Kier molecular flexibility index (Phi) is 5.34. The summed E-state index contributed by atoms with van der Waals surface area (Å²) in [5.74, 6) is 1.67. The summed E-state index contributed by atoms with van der Waals surface area (Å²) < 4.78 is 0. The Morgan fingerprint density at radius 2 is 2.16 bits per heavy atom. The normalized spacial score (nSPS) is 23.3. The molecule has 3 heteroatoms. The number of nitrogens with zero attached hydrogens (tertiary/aromatic N) is 2. The van der Waals surface area contributed by atoms with E-state index in [4.69, 9.17) is 5.73 Å². The number of aromatic nitrogens is 1. The Morgan fingerprint density at radius 3 is 2.79 bits per heavy atom. The quantitative estimate of drug-likeness (QED) is 0.906. The second-order valence-corrected chi connectivity index (χ2v) is 5.98. The highest BCUT2D eigenvalue weighted by molar-refractivity contribution is 5.09. The van der Waals surface area contributed by atoms with Crippen molar-refractivity contribution in [1.29, 1.82) is 0 Å². The predicted octanol–water partition coefficient (Wildman–Crippen LogP) is 2.84. The van der Waals surface area contributed by atoms with Gasteiger partial charge in [0, 0.05) is 12.7 Å². The average Bonchev–Trinajstić information content (AvgIpc) is 2.67. The molecule has 1 aliphatic heterocycles. The first-order valence-corrected chi connectivity index (χ1v) is 7.57. The number of hydrogen-bond acceptors (Lipinski definition) is 3. The number of pyridine rings is 1. The first-order valence-electron chi connectivity index (χ1n) is 7.57. The highest BCUT2D eigenvalue weighted by atomic mass is 15.2. The van der Waals surface area contributed by atoms with Crippen LogP contribution in [-0.4, -0.2) is 29.5 Å². The van der Waals surface area contributed by atoms with Crippen molar-refractivity contribution in [3.8, 4) is 0 Å². The van der Waals surface area contributed by atoms with Crippen LogP contribution in [-0.2, 0) is 0 Å².